The van der Waals surface area contributed by atoms with E-state index in [0.29, 0.717) is 12.2 Å². The van der Waals surface area contributed by atoms with Crippen molar-refractivity contribution in [2.45, 2.75) is 44.9 Å². The summed E-state index contributed by atoms with van der Waals surface area (Å²) in [5.74, 6) is 1.17. The molecule has 0 N–H and O–H groups in total. The van der Waals surface area contributed by atoms with Gasteiger partial charge in [0.2, 0.25) is 0 Å². The molecule has 1 aliphatic rings. The highest BCUT2D eigenvalue weighted by Gasteiger charge is 2.16. The summed E-state index contributed by atoms with van der Waals surface area (Å²) in [4.78, 5) is 11.8. The Morgan fingerprint density at radius 3 is 2.47 bits per heavy atom. The third-order valence-corrected chi connectivity index (χ3v) is 3.87. The molecule has 1 aliphatic carbocycles. The van der Waals surface area contributed by atoms with Crippen LogP contribution in [0, 0.1) is 5.92 Å². The quantitative estimate of drug-likeness (QED) is 0.756. The predicted octanol–water partition coefficient (Wildman–Crippen LogP) is 4.42. The minimum absolute atomic E-state index is 0.360. The highest BCUT2D eigenvalue weighted by molar-refractivity contribution is 6.30. The van der Waals surface area contributed by atoms with Gasteiger partial charge in [0.05, 0.1) is 0 Å². The Morgan fingerprint density at radius 2 is 1.82 bits per heavy atom. The summed E-state index contributed by atoms with van der Waals surface area (Å²) in [5.41, 5.74) is 1.07. The standard InChI is InChI=1S/C15H19ClO/c16-14-8-5-13(6-9-14)11-15(17)10-7-12-3-1-2-4-12/h5-6,8-9,12H,1-4,7,10-11H2. The Balaban J connectivity index is 1.74. The fourth-order valence-corrected chi connectivity index (χ4v) is 2.71. The molecule has 1 aromatic carbocycles. The molecule has 0 aromatic heterocycles. The molecule has 1 saturated carbocycles. The van der Waals surface area contributed by atoms with Gasteiger partial charge in [-0.3, -0.25) is 4.79 Å². The lowest BCUT2D eigenvalue weighted by Gasteiger charge is -2.07. The molecular formula is C15H19ClO. The molecule has 0 radical (unpaired) electrons. The second-order valence-electron chi connectivity index (χ2n) is 5.03. The molecule has 0 unspecified atom stereocenters. The zero-order valence-corrected chi connectivity index (χ0v) is 10.9. The lowest BCUT2D eigenvalue weighted by molar-refractivity contribution is -0.118. The molecule has 1 aromatic rings. The summed E-state index contributed by atoms with van der Waals surface area (Å²) >= 11 is 5.81. The van der Waals surface area contributed by atoms with Crippen LogP contribution >= 0.6 is 11.6 Å². The van der Waals surface area contributed by atoms with Gasteiger partial charge < -0.3 is 0 Å². The first-order valence-corrected chi connectivity index (χ1v) is 6.88. The van der Waals surface area contributed by atoms with Gasteiger partial charge in [-0.15, -0.1) is 0 Å². The lowest BCUT2D eigenvalue weighted by atomic mass is 9.98. The van der Waals surface area contributed by atoms with Crippen molar-refractivity contribution in [3.8, 4) is 0 Å². The summed E-state index contributed by atoms with van der Waals surface area (Å²) in [7, 11) is 0. The van der Waals surface area contributed by atoms with Crippen LogP contribution in [-0.2, 0) is 11.2 Å². The van der Waals surface area contributed by atoms with Gasteiger partial charge in [-0.2, -0.15) is 0 Å². The third kappa shape index (κ3) is 4.16. The Kier molecular flexibility index (Phi) is 4.61. The zero-order chi connectivity index (χ0) is 12.1. The van der Waals surface area contributed by atoms with Gasteiger partial charge in [0.15, 0.2) is 0 Å². The van der Waals surface area contributed by atoms with E-state index in [1.807, 2.05) is 24.3 Å². The molecule has 0 bridgehead atoms. The fraction of sp³-hybridized carbons (Fsp3) is 0.533. The van der Waals surface area contributed by atoms with Crippen molar-refractivity contribution < 1.29 is 4.79 Å². The van der Waals surface area contributed by atoms with Crippen molar-refractivity contribution in [1.82, 2.24) is 0 Å². The van der Waals surface area contributed by atoms with E-state index in [0.717, 1.165) is 29.3 Å². The van der Waals surface area contributed by atoms with Crippen LogP contribution in [0.3, 0.4) is 0 Å². The first-order chi connectivity index (χ1) is 8.24. The number of halogens is 1. The fourth-order valence-electron chi connectivity index (χ4n) is 2.58. The number of ketones is 1. The van der Waals surface area contributed by atoms with Gasteiger partial charge in [-0.05, 0) is 30.0 Å². The van der Waals surface area contributed by atoms with Crippen LogP contribution in [0.25, 0.3) is 0 Å². The average Bonchev–Trinajstić information content (AvgIpc) is 2.83. The molecular weight excluding hydrogens is 232 g/mol. The topological polar surface area (TPSA) is 17.1 Å². The Bertz CT molecular complexity index is 363. The summed E-state index contributed by atoms with van der Waals surface area (Å²) < 4.78 is 0. The maximum atomic E-state index is 11.8. The highest BCUT2D eigenvalue weighted by Crippen LogP contribution is 2.28. The van der Waals surface area contributed by atoms with Gasteiger partial charge in [-0.1, -0.05) is 49.4 Å². The molecule has 1 fully saturated rings. The number of benzene rings is 1. The lowest BCUT2D eigenvalue weighted by Crippen LogP contribution is -2.05. The second-order valence-corrected chi connectivity index (χ2v) is 5.47. The molecule has 0 atom stereocenters. The normalized spacial score (nSPS) is 16.3. The minimum atomic E-state index is 0.360. The van der Waals surface area contributed by atoms with Crippen LogP contribution in [0.5, 0.6) is 0 Å². The SMILES string of the molecule is O=C(CCC1CCCC1)Cc1ccc(Cl)cc1. The number of rotatable bonds is 5. The van der Waals surface area contributed by atoms with E-state index in [1.54, 1.807) is 0 Å². The number of carbonyl (C=O) groups excluding carboxylic acids is 1. The maximum Gasteiger partial charge on any atom is 0.137 e. The zero-order valence-electron chi connectivity index (χ0n) is 10.1. The number of Topliss-reactive ketones (excluding diaryl/α,β-unsaturated/α-hetero) is 1. The minimum Gasteiger partial charge on any atom is -0.299 e. The van der Waals surface area contributed by atoms with Crippen LogP contribution in [0.4, 0.5) is 0 Å². The Hall–Kier alpha value is -0.820. The molecule has 0 spiro atoms. The average molecular weight is 251 g/mol. The van der Waals surface area contributed by atoms with E-state index < -0.39 is 0 Å². The first-order valence-electron chi connectivity index (χ1n) is 6.50. The van der Waals surface area contributed by atoms with E-state index in [1.165, 1.54) is 25.7 Å². The monoisotopic (exact) mass is 250 g/mol. The summed E-state index contributed by atoms with van der Waals surface area (Å²) in [6, 6.07) is 7.58. The smallest absolute Gasteiger partial charge is 0.137 e. The molecule has 2 heteroatoms. The van der Waals surface area contributed by atoms with Crippen molar-refractivity contribution in [2.24, 2.45) is 5.92 Å². The van der Waals surface area contributed by atoms with E-state index in [2.05, 4.69) is 0 Å². The van der Waals surface area contributed by atoms with E-state index in [4.69, 9.17) is 11.6 Å². The maximum absolute atomic E-state index is 11.8. The first kappa shape index (κ1) is 12.6. The van der Waals surface area contributed by atoms with Crippen LogP contribution < -0.4 is 0 Å². The van der Waals surface area contributed by atoms with Crippen LogP contribution in [0.15, 0.2) is 24.3 Å². The van der Waals surface area contributed by atoms with Gasteiger partial charge >= 0.3 is 0 Å². The summed E-state index contributed by atoms with van der Waals surface area (Å²) in [6.45, 7) is 0. The van der Waals surface area contributed by atoms with Crippen molar-refractivity contribution in [2.75, 3.05) is 0 Å². The van der Waals surface area contributed by atoms with Crippen molar-refractivity contribution in [3.05, 3.63) is 34.9 Å². The molecule has 1 nitrogen and oxygen atoms in total. The van der Waals surface area contributed by atoms with Crippen molar-refractivity contribution in [1.29, 1.82) is 0 Å². The van der Waals surface area contributed by atoms with Gasteiger partial charge in [-0.25, -0.2) is 0 Å². The van der Waals surface area contributed by atoms with E-state index in [9.17, 15) is 4.79 Å². The number of carbonyl (C=O) groups is 1. The molecule has 92 valence electrons. The molecule has 0 aliphatic heterocycles. The van der Waals surface area contributed by atoms with Crippen molar-refractivity contribution in [3.63, 3.8) is 0 Å². The number of hydrogen-bond acceptors (Lipinski definition) is 1. The highest BCUT2D eigenvalue weighted by atomic mass is 35.5. The molecule has 0 amide bonds. The van der Waals surface area contributed by atoms with Gasteiger partial charge in [0, 0.05) is 17.9 Å². The van der Waals surface area contributed by atoms with Gasteiger partial charge in [0.25, 0.3) is 0 Å². The third-order valence-electron chi connectivity index (χ3n) is 3.62. The molecule has 0 saturated heterocycles. The Labute approximate surface area is 108 Å². The summed E-state index contributed by atoms with van der Waals surface area (Å²) in [6.07, 6.45) is 7.76. The molecule has 17 heavy (non-hydrogen) atoms. The number of hydrogen-bond donors (Lipinski definition) is 0. The van der Waals surface area contributed by atoms with E-state index >= 15 is 0 Å². The van der Waals surface area contributed by atoms with Gasteiger partial charge in [0.1, 0.15) is 5.78 Å². The summed E-state index contributed by atoms with van der Waals surface area (Å²) in [5, 5.41) is 0.729. The van der Waals surface area contributed by atoms with Crippen LogP contribution in [0.2, 0.25) is 5.02 Å². The van der Waals surface area contributed by atoms with Crippen molar-refractivity contribution >= 4 is 17.4 Å². The molecule has 0 heterocycles. The van der Waals surface area contributed by atoms with Crippen LogP contribution in [0.1, 0.15) is 44.1 Å². The largest absolute Gasteiger partial charge is 0.299 e. The Morgan fingerprint density at radius 1 is 1.18 bits per heavy atom. The predicted molar refractivity (Wildman–Crippen MR) is 71.4 cm³/mol. The van der Waals surface area contributed by atoms with Crippen LogP contribution in [-0.4, -0.2) is 5.78 Å². The second kappa shape index (κ2) is 6.20. The van der Waals surface area contributed by atoms with E-state index in [-0.39, 0.29) is 0 Å². The molecule has 2 rings (SSSR count).